The molecular formula is C15H20ClNO2. The van der Waals surface area contributed by atoms with Gasteiger partial charge in [0.1, 0.15) is 0 Å². The monoisotopic (exact) mass is 281 g/mol. The highest BCUT2D eigenvalue weighted by atomic mass is 35.5. The molecule has 4 heteroatoms. The van der Waals surface area contributed by atoms with E-state index in [9.17, 15) is 9.90 Å². The number of benzene rings is 1. The molecule has 2 rings (SSSR count). The first-order valence-corrected chi connectivity index (χ1v) is 7.05. The van der Waals surface area contributed by atoms with E-state index in [0.29, 0.717) is 30.1 Å². The van der Waals surface area contributed by atoms with Crippen LogP contribution in [0.15, 0.2) is 18.2 Å². The Balaban J connectivity index is 2.13. The second kappa shape index (κ2) is 5.51. The molecule has 0 radical (unpaired) electrons. The molecule has 1 aromatic rings. The number of aliphatic hydroxyl groups is 1. The molecule has 1 saturated heterocycles. The lowest BCUT2D eigenvalue weighted by molar-refractivity contribution is 0.0438. The van der Waals surface area contributed by atoms with Gasteiger partial charge in [-0.2, -0.15) is 0 Å². The lowest BCUT2D eigenvalue weighted by Crippen LogP contribution is -2.33. The Bertz CT molecular complexity index is 485. The highest BCUT2D eigenvalue weighted by Gasteiger charge is 2.27. The summed E-state index contributed by atoms with van der Waals surface area (Å²) in [5.41, 5.74) is 0.933. The lowest BCUT2D eigenvalue weighted by Gasteiger charge is -2.22. The van der Waals surface area contributed by atoms with Crippen molar-refractivity contribution in [2.75, 3.05) is 13.1 Å². The summed E-state index contributed by atoms with van der Waals surface area (Å²) >= 11 is 5.98. The quantitative estimate of drug-likeness (QED) is 0.860. The van der Waals surface area contributed by atoms with Gasteiger partial charge in [0.25, 0.3) is 5.91 Å². The Kier molecular flexibility index (Phi) is 4.16. The van der Waals surface area contributed by atoms with Gasteiger partial charge in [0, 0.05) is 23.7 Å². The first-order valence-electron chi connectivity index (χ1n) is 6.67. The molecule has 1 aliphatic heterocycles. The second-order valence-corrected chi connectivity index (χ2v) is 6.01. The fourth-order valence-electron chi connectivity index (χ4n) is 2.43. The van der Waals surface area contributed by atoms with Crippen LogP contribution in [0.25, 0.3) is 0 Å². The minimum atomic E-state index is -0.648. The summed E-state index contributed by atoms with van der Waals surface area (Å²) in [6, 6.07) is 5.35. The summed E-state index contributed by atoms with van der Waals surface area (Å²) in [5, 5.41) is 10.7. The molecule has 1 aromatic carbocycles. The standard InChI is InChI=1S/C15H20ClNO2/c1-11-10-12(4-5-13(11)16)14(18)17-8-3-6-15(2,19)7-9-17/h4-5,10,19H,3,6-9H2,1-2H3. The molecule has 0 spiro atoms. The van der Waals surface area contributed by atoms with E-state index in [0.717, 1.165) is 18.4 Å². The Morgan fingerprint density at radius 1 is 1.37 bits per heavy atom. The largest absolute Gasteiger partial charge is 0.390 e. The topological polar surface area (TPSA) is 40.5 Å². The van der Waals surface area contributed by atoms with E-state index in [1.807, 2.05) is 24.8 Å². The third-order valence-electron chi connectivity index (χ3n) is 3.76. The lowest BCUT2D eigenvalue weighted by atomic mass is 9.98. The van der Waals surface area contributed by atoms with Crippen LogP contribution in [0.2, 0.25) is 5.02 Å². The SMILES string of the molecule is Cc1cc(C(=O)N2CCCC(C)(O)CC2)ccc1Cl. The van der Waals surface area contributed by atoms with Crippen LogP contribution in [0.5, 0.6) is 0 Å². The van der Waals surface area contributed by atoms with E-state index >= 15 is 0 Å². The molecule has 0 aliphatic carbocycles. The van der Waals surface area contributed by atoms with Crippen molar-refractivity contribution in [1.82, 2.24) is 4.90 Å². The molecule has 0 aromatic heterocycles. The number of halogens is 1. The number of amides is 1. The molecule has 1 atom stereocenters. The van der Waals surface area contributed by atoms with Gasteiger partial charge in [-0.3, -0.25) is 4.79 Å². The minimum absolute atomic E-state index is 0.0254. The van der Waals surface area contributed by atoms with Crippen LogP contribution in [0.1, 0.15) is 42.1 Å². The van der Waals surface area contributed by atoms with Crippen molar-refractivity contribution in [3.63, 3.8) is 0 Å². The molecule has 1 amide bonds. The Hall–Kier alpha value is -1.06. The zero-order chi connectivity index (χ0) is 14.0. The van der Waals surface area contributed by atoms with Crippen LogP contribution < -0.4 is 0 Å². The van der Waals surface area contributed by atoms with Gasteiger partial charge >= 0.3 is 0 Å². The predicted molar refractivity (Wildman–Crippen MR) is 76.6 cm³/mol. The fraction of sp³-hybridized carbons (Fsp3) is 0.533. The zero-order valence-corrected chi connectivity index (χ0v) is 12.2. The first-order chi connectivity index (χ1) is 8.89. The summed E-state index contributed by atoms with van der Waals surface area (Å²) in [7, 11) is 0. The average Bonchev–Trinajstić information content (AvgIpc) is 2.53. The Morgan fingerprint density at radius 2 is 2.11 bits per heavy atom. The summed E-state index contributed by atoms with van der Waals surface area (Å²) in [6.45, 7) is 5.05. The summed E-state index contributed by atoms with van der Waals surface area (Å²) < 4.78 is 0. The molecule has 1 aliphatic rings. The highest BCUT2D eigenvalue weighted by Crippen LogP contribution is 2.23. The third-order valence-corrected chi connectivity index (χ3v) is 4.18. The van der Waals surface area contributed by atoms with Crippen LogP contribution in [0, 0.1) is 6.92 Å². The number of carbonyl (C=O) groups excluding carboxylic acids is 1. The van der Waals surface area contributed by atoms with Gasteiger partial charge < -0.3 is 10.0 Å². The van der Waals surface area contributed by atoms with Crippen molar-refractivity contribution in [3.05, 3.63) is 34.3 Å². The fourth-order valence-corrected chi connectivity index (χ4v) is 2.54. The zero-order valence-electron chi connectivity index (χ0n) is 11.4. The van der Waals surface area contributed by atoms with E-state index in [2.05, 4.69) is 0 Å². The molecule has 104 valence electrons. The van der Waals surface area contributed by atoms with Gasteiger partial charge in [0.15, 0.2) is 0 Å². The number of aryl methyl sites for hydroxylation is 1. The maximum absolute atomic E-state index is 12.4. The van der Waals surface area contributed by atoms with Crippen molar-refractivity contribution in [1.29, 1.82) is 0 Å². The van der Waals surface area contributed by atoms with Gasteiger partial charge in [0.2, 0.25) is 0 Å². The number of hydrogen-bond acceptors (Lipinski definition) is 2. The van der Waals surface area contributed by atoms with Crippen LogP contribution in [0.4, 0.5) is 0 Å². The van der Waals surface area contributed by atoms with Crippen LogP contribution in [0.3, 0.4) is 0 Å². The normalized spacial score (nSPS) is 24.1. The Labute approximate surface area is 119 Å². The van der Waals surface area contributed by atoms with Crippen molar-refractivity contribution >= 4 is 17.5 Å². The number of rotatable bonds is 1. The van der Waals surface area contributed by atoms with E-state index in [1.165, 1.54) is 0 Å². The van der Waals surface area contributed by atoms with Gasteiger partial charge in [-0.05, 0) is 56.9 Å². The van der Waals surface area contributed by atoms with Crippen LogP contribution >= 0.6 is 11.6 Å². The van der Waals surface area contributed by atoms with E-state index < -0.39 is 5.60 Å². The maximum Gasteiger partial charge on any atom is 0.253 e. The van der Waals surface area contributed by atoms with Crippen molar-refractivity contribution < 1.29 is 9.90 Å². The first kappa shape index (κ1) is 14.4. The molecule has 0 saturated carbocycles. The molecule has 1 N–H and O–H groups in total. The molecular weight excluding hydrogens is 262 g/mol. The van der Waals surface area contributed by atoms with E-state index in [4.69, 9.17) is 11.6 Å². The highest BCUT2D eigenvalue weighted by molar-refractivity contribution is 6.31. The van der Waals surface area contributed by atoms with Crippen molar-refractivity contribution in [3.8, 4) is 0 Å². The molecule has 19 heavy (non-hydrogen) atoms. The second-order valence-electron chi connectivity index (χ2n) is 5.61. The molecule has 0 bridgehead atoms. The maximum atomic E-state index is 12.4. The van der Waals surface area contributed by atoms with Crippen LogP contribution in [-0.4, -0.2) is 34.6 Å². The van der Waals surface area contributed by atoms with E-state index in [-0.39, 0.29) is 5.91 Å². The number of nitrogens with zero attached hydrogens (tertiary/aromatic N) is 1. The summed E-state index contributed by atoms with van der Waals surface area (Å²) in [6.07, 6.45) is 2.22. The van der Waals surface area contributed by atoms with Crippen LogP contribution in [-0.2, 0) is 0 Å². The molecule has 3 nitrogen and oxygen atoms in total. The summed E-state index contributed by atoms with van der Waals surface area (Å²) in [4.78, 5) is 14.3. The van der Waals surface area contributed by atoms with Crippen molar-refractivity contribution in [2.24, 2.45) is 0 Å². The van der Waals surface area contributed by atoms with Gasteiger partial charge in [-0.15, -0.1) is 0 Å². The molecule has 1 unspecified atom stereocenters. The number of carbonyl (C=O) groups is 1. The smallest absolute Gasteiger partial charge is 0.253 e. The number of likely N-dealkylation sites (tertiary alicyclic amines) is 1. The summed E-state index contributed by atoms with van der Waals surface area (Å²) in [5.74, 6) is 0.0254. The average molecular weight is 282 g/mol. The molecule has 1 fully saturated rings. The van der Waals surface area contributed by atoms with Gasteiger partial charge in [-0.1, -0.05) is 11.6 Å². The molecule has 1 heterocycles. The number of hydrogen-bond donors (Lipinski definition) is 1. The Morgan fingerprint density at radius 3 is 2.79 bits per heavy atom. The van der Waals surface area contributed by atoms with E-state index in [1.54, 1.807) is 12.1 Å². The van der Waals surface area contributed by atoms with Crippen molar-refractivity contribution in [2.45, 2.75) is 38.7 Å². The predicted octanol–water partition coefficient (Wildman–Crippen LogP) is 3.03. The van der Waals surface area contributed by atoms with Gasteiger partial charge in [0.05, 0.1) is 5.60 Å². The third kappa shape index (κ3) is 3.48. The minimum Gasteiger partial charge on any atom is -0.390 e. The van der Waals surface area contributed by atoms with Gasteiger partial charge in [-0.25, -0.2) is 0 Å².